The second kappa shape index (κ2) is 8.70. The zero-order chi connectivity index (χ0) is 22.0. The third kappa shape index (κ3) is 4.20. The summed E-state index contributed by atoms with van der Waals surface area (Å²) in [5, 5.41) is 0.282. The van der Waals surface area contributed by atoms with E-state index in [9.17, 15) is 9.18 Å². The van der Waals surface area contributed by atoms with E-state index in [1.807, 2.05) is 0 Å². The molecule has 0 unspecified atom stereocenters. The number of ether oxygens (including phenoxy) is 4. The molecule has 0 spiro atoms. The maximum Gasteiger partial charge on any atom is 0.231 e. The number of carbonyl (C=O) groups excluding carboxylic acids is 1. The van der Waals surface area contributed by atoms with Crippen LogP contribution in [0.15, 0.2) is 60.4 Å². The number of carbonyl (C=O) groups is 1. The molecule has 0 radical (unpaired) electrons. The summed E-state index contributed by atoms with van der Waals surface area (Å²) in [4.78, 5) is 12.8. The molecule has 4 rings (SSSR count). The molecule has 0 bridgehead atoms. The molecule has 158 valence electrons. The third-order valence-corrected chi connectivity index (χ3v) is 5.12. The highest BCUT2D eigenvalue weighted by atomic mass is 35.5. The summed E-state index contributed by atoms with van der Waals surface area (Å²) in [7, 11) is 3.07. The number of allylic oxidation sites excluding steroid dienone is 1. The van der Waals surface area contributed by atoms with Gasteiger partial charge < -0.3 is 18.9 Å². The van der Waals surface area contributed by atoms with Crippen molar-refractivity contribution in [3.63, 3.8) is 0 Å². The standard InChI is InChI=1S/C24H18ClFO5/c1-28-20-5-3-4-14(24(20)29-2)10-22-23(27)18-9-8-17(12-21(18)31-22)30-13-15-6-7-16(26)11-19(15)25/h3-12H,13H2,1-2H3. The van der Waals surface area contributed by atoms with Gasteiger partial charge in [-0.15, -0.1) is 0 Å². The topological polar surface area (TPSA) is 54.0 Å². The van der Waals surface area contributed by atoms with Gasteiger partial charge in [-0.25, -0.2) is 4.39 Å². The Labute approximate surface area is 183 Å². The Morgan fingerprint density at radius 3 is 2.65 bits per heavy atom. The van der Waals surface area contributed by atoms with Crippen molar-refractivity contribution in [2.75, 3.05) is 14.2 Å². The fourth-order valence-electron chi connectivity index (χ4n) is 3.22. The summed E-state index contributed by atoms with van der Waals surface area (Å²) in [5.74, 6) is 1.45. The van der Waals surface area contributed by atoms with Gasteiger partial charge in [0.05, 0.1) is 24.8 Å². The minimum Gasteiger partial charge on any atom is -0.493 e. The number of Topliss-reactive ketones (excluding diaryl/α,β-unsaturated/α-hetero) is 1. The second-order valence-electron chi connectivity index (χ2n) is 6.70. The van der Waals surface area contributed by atoms with Gasteiger partial charge in [0.25, 0.3) is 0 Å². The first kappa shape index (κ1) is 20.8. The third-order valence-electron chi connectivity index (χ3n) is 4.77. The van der Waals surface area contributed by atoms with Gasteiger partial charge >= 0.3 is 0 Å². The molecule has 0 saturated heterocycles. The number of fused-ring (bicyclic) bond motifs is 1. The van der Waals surface area contributed by atoms with Gasteiger partial charge in [-0.1, -0.05) is 29.8 Å². The van der Waals surface area contributed by atoms with E-state index in [0.717, 1.165) is 0 Å². The quantitative estimate of drug-likeness (QED) is 0.461. The molecule has 31 heavy (non-hydrogen) atoms. The SMILES string of the molecule is COc1cccc(C=C2Oc3cc(OCc4ccc(F)cc4Cl)ccc3C2=O)c1OC. The van der Waals surface area contributed by atoms with Gasteiger partial charge in [-0.3, -0.25) is 4.79 Å². The fourth-order valence-corrected chi connectivity index (χ4v) is 3.45. The van der Waals surface area contributed by atoms with Gasteiger partial charge in [0, 0.05) is 17.2 Å². The Balaban J connectivity index is 1.55. The van der Waals surface area contributed by atoms with E-state index in [4.69, 9.17) is 30.5 Å². The van der Waals surface area contributed by atoms with Crippen LogP contribution < -0.4 is 18.9 Å². The molecule has 0 atom stereocenters. The van der Waals surface area contributed by atoms with Crippen LogP contribution in [0.5, 0.6) is 23.0 Å². The van der Waals surface area contributed by atoms with Crippen LogP contribution in [-0.4, -0.2) is 20.0 Å². The average Bonchev–Trinajstić information content (AvgIpc) is 3.07. The Morgan fingerprint density at radius 1 is 1.06 bits per heavy atom. The maximum absolute atomic E-state index is 13.2. The van der Waals surface area contributed by atoms with Crippen LogP contribution in [-0.2, 0) is 6.61 Å². The molecule has 7 heteroatoms. The van der Waals surface area contributed by atoms with Crippen molar-refractivity contribution in [1.82, 2.24) is 0 Å². The van der Waals surface area contributed by atoms with E-state index in [1.165, 1.54) is 19.2 Å². The molecule has 0 fully saturated rings. The fraction of sp³-hybridized carbons (Fsp3) is 0.125. The second-order valence-corrected chi connectivity index (χ2v) is 7.11. The first-order valence-electron chi connectivity index (χ1n) is 9.36. The lowest BCUT2D eigenvalue weighted by Crippen LogP contribution is -1.99. The van der Waals surface area contributed by atoms with Crippen LogP contribution in [0.1, 0.15) is 21.5 Å². The number of halogens is 2. The summed E-state index contributed by atoms with van der Waals surface area (Å²) in [5.41, 5.74) is 1.73. The normalized spacial score (nSPS) is 13.7. The predicted molar refractivity (Wildman–Crippen MR) is 115 cm³/mol. The predicted octanol–water partition coefficient (Wildman–Crippen LogP) is 5.69. The average molecular weight is 441 g/mol. The smallest absolute Gasteiger partial charge is 0.231 e. The van der Waals surface area contributed by atoms with Crippen molar-refractivity contribution < 1.29 is 28.1 Å². The van der Waals surface area contributed by atoms with E-state index >= 15 is 0 Å². The number of ketones is 1. The summed E-state index contributed by atoms with van der Waals surface area (Å²) >= 11 is 6.04. The molecule has 0 amide bonds. The summed E-state index contributed by atoms with van der Waals surface area (Å²) in [6, 6.07) is 14.4. The van der Waals surface area contributed by atoms with Gasteiger partial charge in [-0.2, -0.15) is 0 Å². The van der Waals surface area contributed by atoms with E-state index in [2.05, 4.69) is 0 Å². The lowest BCUT2D eigenvalue weighted by atomic mass is 10.1. The Hall–Kier alpha value is -3.51. The molecule has 0 N–H and O–H groups in total. The van der Waals surface area contributed by atoms with Crippen LogP contribution >= 0.6 is 11.6 Å². The van der Waals surface area contributed by atoms with Crippen LogP contribution in [0, 0.1) is 5.82 Å². The molecule has 1 aliphatic rings. The number of methoxy groups -OCH3 is 2. The number of benzene rings is 3. The highest BCUT2D eigenvalue weighted by molar-refractivity contribution is 6.31. The zero-order valence-electron chi connectivity index (χ0n) is 16.8. The lowest BCUT2D eigenvalue weighted by Gasteiger charge is -2.10. The Bertz CT molecular complexity index is 1190. The number of hydrogen-bond acceptors (Lipinski definition) is 5. The summed E-state index contributed by atoms with van der Waals surface area (Å²) in [6.07, 6.45) is 1.61. The van der Waals surface area contributed by atoms with Crippen LogP contribution in [0.2, 0.25) is 5.02 Å². The van der Waals surface area contributed by atoms with Gasteiger partial charge in [0.1, 0.15) is 23.9 Å². The Morgan fingerprint density at radius 2 is 1.90 bits per heavy atom. The molecule has 1 aliphatic heterocycles. The van der Waals surface area contributed by atoms with E-state index in [-0.39, 0.29) is 23.2 Å². The highest BCUT2D eigenvalue weighted by Gasteiger charge is 2.28. The molecule has 5 nitrogen and oxygen atoms in total. The van der Waals surface area contributed by atoms with Crippen LogP contribution in [0.4, 0.5) is 4.39 Å². The van der Waals surface area contributed by atoms with Crippen molar-refractivity contribution in [3.8, 4) is 23.0 Å². The highest BCUT2D eigenvalue weighted by Crippen LogP contribution is 2.37. The molecule has 0 saturated carbocycles. The molecular weight excluding hydrogens is 423 g/mol. The monoisotopic (exact) mass is 440 g/mol. The van der Waals surface area contributed by atoms with Crippen molar-refractivity contribution in [1.29, 1.82) is 0 Å². The minimum atomic E-state index is -0.412. The van der Waals surface area contributed by atoms with Crippen molar-refractivity contribution in [2.45, 2.75) is 6.61 Å². The first-order valence-corrected chi connectivity index (χ1v) is 9.74. The molecule has 1 heterocycles. The van der Waals surface area contributed by atoms with E-state index < -0.39 is 5.82 Å². The molecule has 3 aromatic carbocycles. The zero-order valence-corrected chi connectivity index (χ0v) is 17.5. The van der Waals surface area contributed by atoms with Crippen molar-refractivity contribution in [2.24, 2.45) is 0 Å². The first-order chi connectivity index (χ1) is 15.0. The van der Waals surface area contributed by atoms with Crippen molar-refractivity contribution >= 4 is 23.5 Å². The van der Waals surface area contributed by atoms with Gasteiger partial charge in [-0.05, 0) is 36.4 Å². The van der Waals surface area contributed by atoms with Crippen molar-refractivity contribution in [3.05, 3.63) is 87.9 Å². The molecule has 0 aliphatic carbocycles. The Kier molecular flexibility index (Phi) is 5.82. The largest absolute Gasteiger partial charge is 0.493 e. The van der Waals surface area contributed by atoms with E-state index in [1.54, 1.807) is 55.7 Å². The minimum absolute atomic E-state index is 0.148. The summed E-state index contributed by atoms with van der Waals surface area (Å²) < 4.78 is 35.4. The van der Waals surface area contributed by atoms with Gasteiger partial charge in [0.15, 0.2) is 17.3 Å². The molecule has 3 aromatic rings. The van der Waals surface area contributed by atoms with E-state index in [0.29, 0.717) is 39.7 Å². The molecule has 0 aromatic heterocycles. The number of rotatable bonds is 6. The maximum atomic E-state index is 13.2. The van der Waals surface area contributed by atoms with Crippen LogP contribution in [0.25, 0.3) is 6.08 Å². The summed E-state index contributed by atoms with van der Waals surface area (Å²) in [6.45, 7) is 0.148. The van der Waals surface area contributed by atoms with Gasteiger partial charge in [0.2, 0.25) is 5.78 Å². The number of para-hydroxylation sites is 1. The van der Waals surface area contributed by atoms with Crippen LogP contribution in [0.3, 0.4) is 0 Å². The molecular formula is C24H18ClFO5. The lowest BCUT2D eigenvalue weighted by molar-refractivity contribution is 0.101. The number of hydrogen-bond donors (Lipinski definition) is 0.